The van der Waals surface area contributed by atoms with E-state index in [-0.39, 0.29) is 41.2 Å². The van der Waals surface area contributed by atoms with Crippen LogP contribution in [-0.4, -0.2) is 43.1 Å². The first kappa shape index (κ1) is 26.9. The second kappa shape index (κ2) is 12.8. The molecule has 0 saturated carbocycles. The summed E-state index contributed by atoms with van der Waals surface area (Å²) < 4.78 is 13.6. The summed E-state index contributed by atoms with van der Waals surface area (Å²) in [5, 5.41) is 9.62. The van der Waals surface area contributed by atoms with Gasteiger partial charge in [0.1, 0.15) is 5.82 Å². The maximum atomic E-state index is 13.6. The Balaban J connectivity index is 0.00000385. The average molecular weight is 567 g/mol. The van der Waals surface area contributed by atoms with Crippen LogP contribution in [0.5, 0.6) is 0 Å². The van der Waals surface area contributed by atoms with Crippen LogP contribution in [0.4, 0.5) is 14.9 Å². The maximum absolute atomic E-state index is 13.6. The first-order chi connectivity index (χ1) is 15.4. The number of hydrogen-bond acceptors (Lipinski definition) is 2. The van der Waals surface area contributed by atoms with Gasteiger partial charge in [-0.25, -0.2) is 14.2 Å². The highest BCUT2D eigenvalue weighted by Crippen LogP contribution is 2.23. The summed E-state index contributed by atoms with van der Waals surface area (Å²) in [5.41, 5.74) is 2.45. The van der Waals surface area contributed by atoms with E-state index >= 15 is 0 Å². The Morgan fingerprint density at radius 1 is 1.09 bits per heavy atom. The molecule has 1 aliphatic heterocycles. The minimum Gasteiger partial charge on any atom is -0.357 e. The highest BCUT2D eigenvalue weighted by molar-refractivity contribution is 14.0. The van der Waals surface area contributed by atoms with Crippen LogP contribution in [0.1, 0.15) is 44.7 Å². The largest absolute Gasteiger partial charge is 0.357 e. The second-order valence-electron chi connectivity index (χ2n) is 8.77. The lowest BCUT2D eigenvalue weighted by molar-refractivity contribution is 0.222. The van der Waals surface area contributed by atoms with Gasteiger partial charge in [0.05, 0.1) is 6.54 Å². The molecule has 0 atom stereocenters. The SMILES string of the molecule is CCNC(=NCc1cccc(NC(=O)N2CCCC2)c1)NCC(C)(C)c1cccc(F)c1.I. The molecule has 2 aromatic rings. The highest BCUT2D eigenvalue weighted by Gasteiger charge is 2.21. The smallest absolute Gasteiger partial charge is 0.321 e. The summed E-state index contributed by atoms with van der Waals surface area (Å²) in [6.07, 6.45) is 2.14. The van der Waals surface area contributed by atoms with Crippen LogP contribution in [0.2, 0.25) is 0 Å². The van der Waals surface area contributed by atoms with Crippen LogP contribution < -0.4 is 16.0 Å². The predicted molar refractivity (Wildman–Crippen MR) is 144 cm³/mol. The molecule has 1 heterocycles. The predicted octanol–water partition coefficient (Wildman–Crippen LogP) is 5.10. The van der Waals surface area contributed by atoms with Crippen molar-refractivity contribution in [2.45, 2.75) is 45.6 Å². The molecule has 0 aliphatic carbocycles. The summed E-state index contributed by atoms with van der Waals surface area (Å²) in [6, 6.07) is 14.4. The zero-order valence-electron chi connectivity index (χ0n) is 19.7. The van der Waals surface area contributed by atoms with Gasteiger partial charge in [-0.15, -0.1) is 24.0 Å². The fourth-order valence-corrected chi connectivity index (χ4v) is 3.70. The van der Waals surface area contributed by atoms with E-state index in [9.17, 15) is 9.18 Å². The first-order valence-corrected chi connectivity index (χ1v) is 11.3. The van der Waals surface area contributed by atoms with Crippen molar-refractivity contribution in [2.75, 3.05) is 31.5 Å². The van der Waals surface area contributed by atoms with Crippen LogP contribution in [0.15, 0.2) is 53.5 Å². The van der Waals surface area contributed by atoms with Crippen LogP contribution in [0.3, 0.4) is 0 Å². The minimum atomic E-state index is -0.266. The van der Waals surface area contributed by atoms with Gasteiger partial charge in [0.25, 0.3) is 0 Å². The number of carbonyl (C=O) groups is 1. The molecule has 180 valence electrons. The normalized spacial score (nSPS) is 13.9. The molecule has 1 fully saturated rings. The van der Waals surface area contributed by atoms with Crippen LogP contribution in [-0.2, 0) is 12.0 Å². The number of anilines is 1. The number of amides is 2. The number of hydrogen-bond donors (Lipinski definition) is 3. The van der Waals surface area contributed by atoms with Gasteiger partial charge in [0, 0.05) is 37.3 Å². The van der Waals surface area contributed by atoms with Gasteiger partial charge in [0.15, 0.2) is 5.96 Å². The number of guanidine groups is 1. The Bertz CT molecular complexity index is 944. The second-order valence-corrected chi connectivity index (χ2v) is 8.77. The van der Waals surface area contributed by atoms with Gasteiger partial charge in [0.2, 0.25) is 0 Å². The summed E-state index contributed by atoms with van der Waals surface area (Å²) in [5.74, 6) is 0.469. The van der Waals surface area contributed by atoms with Crippen LogP contribution >= 0.6 is 24.0 Å². The standard InChI is InChI=1S/C25H34FN5O.HI/c1-4-27-23(29-18-25(2,3)20-10-8-11-21(26)16-20)28-17-19-9-7-12-22(15-19)30-24(32)31-13-5-6-14-31;/h7-12,15-16H,4-6,13-14,17-18H2,1-3H3,(H,30,32)(H2,27,28,29);1H. The molecule has 1 aliphatic rings. The van der Waals surface area contributed by atoms with Crippen LogP contribution in [0, 0.1) is 5.82 Å². The number of urea groups is 1. The van der Waals surface area contributed by atoms with Crippen molar-refractivity contribution in [3.63, 3.8) is 0 Å². The fourth-order valence-electron chi connectivity index (χ4n) is 3.70. The number of nitrogens with one attached hydrogen (secondary N) is 3. The van der Waals surface area contributed by atoms with Gasteiger partial charge < -0.3 is 20.9 Å². The van der Waals surface area contributed by atoms with Gasteiger partial charge in [-0.2, -0.15) is 0 Å². The molecule has 0 unspecified atom stereocenters. The molecule has 3 N–H and O–H groups in total. The number of carbonyl (C=O) groups excluding carboxylic acids is 1. The molecule has 0 radical (unpaired) electrons. The number of nitrogens with zero attached hydrogens (tertiary/aromatic N) is 2. The van der Waals surface area contributed by atoms with Crippen molar-refractivity contribution >= 4 is 41.7 Å². The van der Waals surface area contributed by atoms with Crippen molar-refractivity contribution in [2.24, 2.45) is 4.99 Å². The Morgan fingerprint density at radius 3 is 2.52 bits per heavy atom. The van der Waals surface area contributed by atoms with Gasteiger partial charge in [-0.1, -0.05) is 38.1 Å². The average Bonchev–Trinajstić information content (AvgIpc) is 3.31. The molecule has 0 spiro atoms. The van der Waals surface area contributed by atoms with E-state index < -0.39 is 0 Å². The van der Waals surface area contributed by atoms with E-state index in [1.165, 1.54) is 6.07 Å². The molecule has 2 amide bonds. The van der Waals surface area contributed by atoms with E-state index in [0.29, 0.717) is 19.0 Å². The zero-order valence-corrected chi connectivity index (χ0v) is 22.0. The topological polar surface area (TPSA) is 68.8 Å². The van der Waals surface area contributed by atoms with Crippen molar-refractivity contribution in [3.05, 3.63) is 65.5 Å². The monoisotopic (exact) mass is 567 g/mol. The molecule has 6 nitrogen and oxygen atoms in total. The molecule has 1 saturated heterocycles. The van der Waals surface area contributed by atoms with Crippen molar-refractivity contribution < 1.29 is 9.18 Å². The third kappa shape index (κ3) is 8.17. The van der Waals surface area contributed by atoms with Crippen molar-refractivity contribution in [1.82, 2.24) is 15.5 Å². The van der Waals surface area contributed by atoms with E-state index in [2.05, 4.69) is 29.8 Å². The van der Waals surface area contributed by atoms with Crippen molar-refractivity contribution in [1.29, 1.82) is 0 Å². The molecule has 8 heteroatoms. The molecule has 0 bridgehead atoms. The summed E-state index contributed by atoms with van der Waals surface area (Å²) >= 11 is 0. The zero-order chi connectivity index (χ0) is 23.0. The number of benzene rings is 2. The number of halogens is 2. The first-order valence-electron chi connectivity index (χ1n) is 11.3. The quantitative estimate of drug-likeness (QED) is 0.248. The van der Waals surface area contributed by atoms with Gasteiger partial charge >= 0.3 is 6.03 Å². The molecule has 0 aromatic heterocycles. The lowest BCUT2D eigenvalue weighted by atomic mass is 9.84. The Morgan fingerprint density at radius 2 is 1.82 bits per heavy atom. The highest BCUT2D eigenvalue weighted by atomic mass is 127. The van der Waals surface area contributed by atoms with E-state index in [1.54, 1.807) is 12.1 Å². The molecular formula is C25H35FIN5O. The summed E-state index contributed by atoms with van der Waals surface area (Å²) in [7, 11) is 0. The lowest BCUT2D eigenvalue weighted by Crippen LogP contribution is -2.43. The maximum Gasteiger partial charge on any atom is 0.321 e. The lowest BCUT2D eigenvalue weighted by Gasteiger charge is -2.27. The van der Waals surface area contributed by atoms with Gasteiger partial charge in [-0.3, -0.25) is 0 Å². The van der Waals surface area contributed by atoms with Crippen LogP contribution in [0.25, 0.3) is 0 Å². The molecule has 33 heavy (non-hydrogen) atoms. The Hall–Kier alpha value is -2.36. The summed E-state index contributed by atoms with van der Waals surface area (Å²) in [4.78, 5) is 18.9. The van der Waals surface area contributed by atoms with E-state index in [4.69, 9.17) is 4.99 Å². The third-order valence-electron chi connectivity index (χ3n) is 5.64. The molecule has 2 aromatic carbocycles. The summed E-state index contributed by atoms with van der Waals surface area (Å²) in [6.45, 7) is 9.62. The Kier molecular flexibility index (Phi) is 10.4. The van der Waals surface area contributed by atoms with Gasteiger partial charge in [-0.05, 0) is 55.2 Å². The number of aliphatic imine (C=N–C) groups is 1. The molecule has 3 rings (SSSR count). The molecular weight excluding hydrogens is 532 g/mol. The minimum absolute atomic E-state index is 0. The van der Waals surface area contributed by atoms with E-state index in [1.807, 2.05) is 42.2 Å². The third-order valence-corrected chi connectivity index (χ3v) is 5.64. The van der Waals surface area contributed by atoms with Crippen molar-refractivity contribution in [3.8, 4) is 0 Å². The fraction of sp³-hybridized carbons (Fsp3) is 0.440. The Labute approximate surface area is 213 Å². The number of likely N-dealkylation sites (tertiary alicyclic amines) is 1. The van der Waals surface area contributed by atoms with E-state index in [0.717, 1.165) is 49.3 Å². The number of rotatable bonds is 7.